The van der Waals surface area contributed by atoms with Gasteiger partial charge in [-0.1, -0.05) is 13.3 Å². The van der Waals surface area contributed by atoms with Gasteiger partial charge in [0.15, 0.2) is 0 Å². The molecule has 6 heteroatoms. The van der Waals surface area contributed by atoms with E-state index in [1.165, 1.54) is 25.0 Å². The van der Waals surface area contributed by atoms with Crippen LogP contribution in [0.3, 0.4) is 0 Å². The van der Waals surface area contributed by atoms with Gasteiger partial charge in [0.05, 0.1) is 25.0 Å². The summed E-state index contributed by atoms with van der Waals surface area (Å²) in [6.45, 7) is 4.35. The molecule has 0 spiro atoms. The van der Waals surface area contributed by atoms with Gasteiger partial charge in [0.2, 0.25) is 0 Å². The number of urea groups is 1. The molecule has 24 heavy (non-hydrogen) atoms. The Labute approximate surface area is 142 Å². The summed E-state index contributed by atoms with van der Waals surface area (Å²) in [7, 11) is 0. The molecule has 2 aliphatic rings. The topological polar surface area (TPSA) is 50.8 Å². The van der Waals surface area contributed by atoms with Crippen molar-refractivity contribution in [2.45, 2.75) is 38.7 Å². The molecule has 5 nitrogen and oxygen atoms in total. The second-order valence-electron chi connectivity index (χ2n) is 6.55. The molecule has 0 bridgehead atoms. The fourth-order valence-corrected chi connectivity index (χ4v) is 2.81. The summed E-state index contributed by atoms with van der Waals surface area (Å²) in [6.07, 6.45) is 4.38. The van der Waals surface area contributed by atoms with Gasteiger partial charge < -0.3 is 19.7 Å². The van der Waals surface area contributed by atoms with Gasteiger partial charge in [0, 0.05) is 19.2 Å². The number of amides is 2. The number of benzene rings is 1. The Bertz CT molecular complexity index is 575. The van der Waals surface area contributed by atoms with E-state index >= 15 is 0 Å². The van der Waals surface area contributed by atoms with E-state index in [0.29, 0.717) is 43.7 Å². The van der Waals surface area contributed by atoms with E-state index in [4.69, 9.17) is 9.47 Å². The molecule has 1 heterocycles. The molecule has 2 fully saturated rings. The number of hydrogen-bond donors (Lipinski definition) is 1. The van der Waals surface area contributed by atoms with Crippen molar-refractivity contribution in [1.29, 1.82) is 0 Å². The van der Waals surface area contributed by atoms with E-state index in [9.17, 15) is 9.18 Å². The molecular formula is C18H25FN2O3. The lowest BCUT2D eigenvalue weighted by atomic mass is 10.2. The fraction of sp³-hybridized carbons (Fsp3) is 0.611. The average molecular weight is 336 g/mol. The molecule has 0 unspecified atom stereocenters. The standard InChI is InChI=1S/C18H25FN2O3/c1-2-3-15-11-21(8-9-23-15)18(22)20-16-10-14(19)6-7-17(16)24-12-13-4-5-13/h6-7,10,13,15H,2-5,8-9,11-12H2,1H3,(H,20,22)/t15-/m0/s1. The number of hydrogen-bond acceptors (Lipinski definition) is 3. The molecule has 1 N–H and O–H groups in total. The van der Waals surface area contributed by atoms with Crippen molar-refractivity contribution in [3.05, 3.63) is 24.0 Å². The normalized spacial score (nSPS) is 20.8. The Hall–Kier alpha value is -1.82. The van der Waals surface area contributed by atoms with Crippen molar-refractivity contribution in [2.75, 3.05) is 31.6 Å². The molecule has 1 atom stereocenters. The molecule has 2 amide bonds. The molecule has 1 aliphatic carbocycles. The Morgan fingerprint density at radius 2 is 2.29 bits per heavy atom. The lowest BCUT2D eigenvalue weighted by molar-refractivity contribution is -0.0162. The number of halogens is 1. The summed E-state index contributed by atoms with van der Waals surface area (Å²) in [5.74, 6) is 0.720. The Morgan fingerprint density at radius 1 is 1.46 bits per heavy atom. The highest BCUT2D eigenvalue weighted by atomic mass is 19.1. The van der Waals surface area contributed by atoms with Gasteiger partial charge in [-0.25, -0.2) is 9.18 Å². The van der Waals surface area contributed by atoms with Crippen LogP contribution in [-0.4, -0.2) is 43.3 Å². The highest BCUT2D eigenvalue weighted by Crippen LogP contribution is 2.32. The zero-order chi connectivity index (χ0) is 16.9. The van der Waals surface area contributed by atoms with Crippen molar-refractivity contribution in [3.8, 4) is 5.75 Å². The van der Waals surface area contributed by atoms with Crippen molar-refractivity contribution in [3.63, 3.8) is 0 Å². The monoisotopic (exact) mass is 336 g/mol. The van der Waals surface area contributed by atoms with Crippen molar-refractivity contribution in [2.24, 2.45) is 5.92 Å². The van der Waals surface area contributed by atoms with Gasteiger partial charge in [0.25, 0.3) is 0 Å². The van der Waals surface area contributed by atoms with Crippen molar-refractivity contribution < 1.29 is 18.7 Å². The van der Waals surface area contributed by atoms with Gasteiger partial charge in [-0.3, -0.25) is 0 Å². The smallest absolute Gasteiger partial charge is 0.322 e. The van der Waals surface area contributed by atoms with E-state index in [0.717, 1.165) is 12.8 Å². The average Bonchev–Trinajstić information content (AvgIpc) is 3.39. The van der Waals surface area contributed by atoms with Crippen LogP contribution in [0.25, 0.3) is 0 Å². The van der Waals surface area contributed by atoms with E-state index in [1.54, 1.807) is 11.0 Å². The molecule has 1 saturated heterocycles. The largest absolute Gasteiger partial charge is 0.491 e. The maximum absolute atomic E-state index is 13.6. The third-order valence-electron chi connectivity index (χ3n) is 4.39. The first-order valence-electron chi connectivity index (χ1n) is 8.75. The molecule has 1 aromatic rings. The zero-order valence-electron chi connectivity index (χ0n) is 14.1. The van der Waals surface area contributed by atoms with Gasteiger partial charge in [-0.05, 0) is 37.3 Å². The predicted octanol–water partition coefficient (Wildman–Crippen LogP) is 3.65. The van der Waals surface area contributed by atoms with Crippen molar-refractivity contribution >= 4 is 11.7 Å². The van der Waals surface area contributed by atoms with Crippen LogP contribution in [0.15, 0.2) is 18.2 Å². The number of nitrogens with one attached hydrogen (secondary N) is 1. The number of ether oxygens (including phenoxy) is 2. The van der Waals surface area contributed by atoms with Crippen LogP contribution in [0.1, 0.15) is 32.6 Å². The lowest BCUT2D eigenvalue weighted by Gasteiger charge is -2.33. The van der Waals surface area contributed by atoms with E-state index < -0.39 is 5.82 Å². The van der Waals surface area contributed by atoms with E-state index in [1.807, 2.05) is 0 Å². The highest BCUT2D eigenvalue weighted by Gasteiger charge is 2.25. The van der Waals surface area contributed by atoms with Crippen LogP contribution in [0.4, 0.5) is 14.9 Å². The van der Waals surface area contributed by atoms with Gasteiger partial charge in [-0.15, -0.1) is 0 Å². The quantitative estimate of drug-likeness (QED) is 0.863. The third kappa shape index (κ3) is 4.60. The second-order valence-corrected chi connectivity index (χ2v) is 6.55. The number of nitrogens with zero attached hydrogens (tertiary/aromatic N) is 1. The summed E-state index contributed by atoms with van der Waals surface area (Å²) in [6, 6.07) is 4.00. The van der Waals surface area contributed by atoms with Crippen LogP contribution >= 0.6 is 0 Å². The van der Waals surface area contributed by atoms with Gasteiger partial charge in [-0.2, -0.15) is 0 Å². The fourth-order valence-electron chi connectivity index (χ4n) is 2.81. The van der Waals surface area contributed by atoms with E-state index in [-0.39, 0.29) is 12.1 Å². The highest BCUT2D eigenvalue weighted by molar-refractivity contribution is 5.91. The number of morpholine rings is 1. The van der Waals surface area contributed by atoms with Crippen molar-refractivity contribution in [1.82, 2.24) is 4.90 Å². The molecule has 3 rings (SSSR count). The van der Waals surface area contributed by atoms with Crippen LogP contribution < -0.4 is 10.1 Å². The molecule has 0 radical (unpaired) electrons. The number of carbonyl (C=O) groups excluding carboxylic acids is 1. The summed E-state index contributed by atoms with van der Waals surface area (Å²) >= 11 is 0. The Balaban J connectivity index is 1.63. The summed E-state index contributed by atoms with van der Waals surface area (Å²) in [5, 5.41) is 2.79. The van der Waals surface area contributed by atoms with Crippen LogP contribution in [0.5, 0.6) is 5.75 Å². The predicted molar refractivity (Wildman–Crippen MR) is 89.9 cm³/mol. The first-order valence-corrected chi connectivity index (χ1v) is 8.75. The minimum absolute atomic E-state index is 0.0765. The number of anilines is 1. The molecule has 1 aromatic carbocycles. The molecule has 1 aliphatic heterocycles. The first kappa shape index (κ1) is 17.0. The van der Waals surface area contributed by atoms with Crippen LogP contribution in [0.2, 0.25) is 0 Å². The Kier molecular flexibility index (Phi) is 5.56. The van der Waals surface area contributed by atoms with Crippen LogP contribution in [-0.2, 0) is 4.74 Å². The van der Waals surface area contributed by atoms with E-state index in [2.05, 4.69) is 12.2 Å². The number of carbonyl (C=O) groups is 1. The summed E-state index contributed by atoms with van der Waals surface area (Å²) in [4.78, 5) is 14.2. The summed E-state index contributed by atoms with van der Waals surface area (Å²) < 4.78 is 25.0. The van der Waals surface area contributed by atoms with Crippen LogP contribution in [0, 0.1) is 11.7 Å². The van der Waals surface area contributed by atoms with Gasteiger partial charge in [0.1, 0.15) is 11.6 Å². The molecule has 0 aromatic heterocycles. The zero-order valence-corrected chi connectivity index (χ0v) is 14.1. The minimum atomic E-state index is -0.394. The molecule has 1 saturated carbocycles. The molecular weight excluding hydrogens is 311 g/mol. The number of rotatable bonds is 6. The SMILES string of the molecule is CCC[C@H]1CN(C(=O)Nc2cc(F)ccc2OCC2CC2)CCO1. The molecule has 132 valence electrons. The Morgan fingerprint density at radius 3 is 3.04 bits per heavy atom. The summed E-state index contributed by atoms with van der Waals surface area (Å²) in [5.41, 5.74) is 0.388. The van der Waals surface area contributed by atoms with Gasteiger partial charge >= 0.3 is 6.03 Å². The second kappa shape index (κ2) is 7.83. The maximum Gasteiger partial charge on any atom is 0.322 e. The minimum Gasteiger partial charge on any atom is -0.491 e. The maximum atomic E-state index is 13.6. The lowest BCUT2D eigenvalue weighted by Crippen LogP contribution is -2.47. The third-order valence-corrected chi connectivity index (χ3v) is 4.39. The first-order chi connectivity index (χ1) is 11.7.